The highest BCUT2D eigenvalue weighted by Gasteiger charge is 2.16. The van der Waals surface area contributed by atoms with Crippen LogP contribution in [-0.2, 0) is 11.2 Å². The first-order chi connectivity index (χ1) is 10.3. The molecule has 21 heavy (non-hydrogen) atoms. The SMILES string of the molecule is COc1ccc2c(CC(=O)NC3CCCCC3)c[nH]c2c1. The van der Waals surface area contributed by atoms with Crippen LogP contribution < -0.4 is 10.1 Å². The average molecular weight is 286 g/mol. The molecule has 1 aliphatic rings. The maximum Gasteiger partial charge on any atom is 0.224 e. The van der Waals surface area contributed by atoms with Gasteiger partial charge in [-0.25, -0.2) is 0 Å². The molecule has 0 bridgehead atoms. The summed E-state index contributed by atoms with van der Waals surface area (Å²) in [6.45, 7) is 0. The van der Waals surface area contributed by atoms with E-state index in [1.165, 1.54) is 19.3 Å². The first kappa shape index (κ1) is 14.0. The third kappa shape index (κ3) is 3.20. The van der Waals surface area contributed by atoms with Gasteiger partial charge < -0.3 is 15.0 Å². The minimum atomic E-state index is 0.124. The van der Waals surface area contributed by atoms with Crippen LogP contribution in [-0.4, -0.2) is 24.0 Å². The third-order valence-corrected chi connectivity index (χ3v) is 4.30. The lowest BCUT2D eigenvalue weighted by Gasteiger charge is -2.22. The fraction of sp³-hybridized carbons (Fsp3) is 0.471. The van der Waals surface area contributed by atoms with Gasteiger partial charge in [0.25, 0.3) is 0 Å². The van der Waals surface area contributed by atoms with Gasteiger partial charge in [0.1, 0.15) is 5.75 Å². The molecule has 1 heterocycles. The van der Waals surface area contributed by atoms with Crippen LogP contribution in [0.15, 0.2) is 24.4 Å². The van der Waals surface area contributed by atoms with E-state index in [-0.39, 0.29) is 5.91 Å². The summed E-state index contributed by atoms with van der Waals surface area (Å²) in [6, 6.07) is 6.27. The Labute approximate surface area is 124 Å². The quantitative estimate of drug-likeness (QED) is 0.907. The number of methoxy groups -OCH3 is 1. The number of carbonyl (C=O) groups is 1. The van der Waals surface area contributed by atoms with E-state index in [4.69, 9.17) is 4.74 Å². The Morgan fingerprint density at radius 1 is 1.33 bits per heavy atom. The van der Waals surface area contributed by atoms with Gasteiger partial charge in [-0.1, -0.05) is 19.3 Å². The zero-order valence-corrected chi connectivity index (χ0v) is 12.4. The van der Waals surface area contributed by atoms with E-state index in [0.29, 0.717) is 12.5 Å². The summed E-state index contributed by atoms with van der Waals surface area (Å²) >= 11 is 0. The molecule has 3 rings (SSSR count). The molecule has 0 aliphatic heterocycles. The monoisotopic (exact) mass is 286 g/mol. The van der Waals surface area contributed by atoms with Gasteiger partial charge in [-0.15, -0.1) is 0 Å². The van der Waals surface area contributed by atoms with Crippen LogP contribution in [0.3, 0.4) is 0 Å². The Hall–Kier alpha value is -1.97. The molecule has 2 aromatic rings. The van der Waals surface area contributed by atoms with Crippen LogP contribution in [0.5, 0.6) is 5.75 Å². The van der Waals surface area contributed by atoms with Gasteiger partial charge in [-0.2, -0.15) is 0 Å². The minimum Gasteiger partial charge on any atom is -0.497 e. The van der Waals surface area contributed by atoms with Gasteiger partial charge in [0.2, 0.25) is 5.91 Å². The van der Waals surface area contributed by atoms with Crippen molar-refractivity contribution in [3.63, 3.8) is 0 Å². The highest BCUT2D eigenvalue weighted by molar-refractivity contribution is 5.89. The summed E-state index contributed by atoms with van der Waals surface area (Å²) in [7, 11) is 1.66. The first-order valence-electron chi connectivity index (χ1n) is 7.69. The lowest BCUT2D eigenvalue weighted by Crippen LogP contribution is -2.37. The average Bonchev–Trinajstić information content (AvgIpc) is 2.90. The van der Waals surface area contributed by atoms with Crippen molar-refractivity contribution in [2.45, 2.75) is 44.6 Å². The largest absolute Gasteiger partial charge is 0.497 e. The standard InChI is InChI=1S/C17H22N2O2/c1-21-14-7-8-15-12(11-18-16(15)10-14)9-17(20)19-13-5-3-2-4-6-13/h7-8,10-11,13,18H,2-6,9H2,1H3,(H,19,20). The van der Waals surface area contributed by atoms with Crippen LogP contribution in [0.4, 0.5) is 0 Å². The van der Waals surface area contributed by atoms with E-state index in [1.807, 2.05) is 24.4 Å². The van der Waals surface area contributed by atoms with Gasteiger partial charge in [0, 0.05) is 29.2 Å². The lowest BCUT2D eigenvalue weighted by molar-refractivity contribution is -0.121. The predicted molar refractivity (Wildman–Crippen MR) is 83.6 cm³/mol. The highest BCUT2D eigenvalue weighted by Crippen LogP contribution is 2.24. The van der Waals surface area contributed by atoms with E-state index in [1.54, 1.807) is 7.11 Å². The van der Waals surface area contributed by atoms with Crippen LogP contribution >= 0.6 is 0 Å². The van der Waals surface area contributed by atoms with E-state index in [0.717, 1.165) is 35.1 Å². The normalized spacial score (nSPS) is 16.0. The van der Waals surface area contributed by atoms with Crippen LogP contribution in [0.1, 0.15) is 37.7 Å². The Morgan fingerprint density at radius 3 is 2.90 bits per heavy atom. The molecule has 1 saturated carbocycles. The number of aromatic amines is 1. The maximum atomic E-state index is 12.2. The lowest BCUT2D eigenvalue weighted by atomic mass is 9.95. The minimum absolute atomic E-state index is 0.124. The van der Waals surface area contributed by atoms with Crippen molar-refractivity contribution in [3.05, 3.63) is 30.0 Å². The van der Waals surface area contributed by atoms with Crippen molar-refractivity contribution < 1.29 is 9.53 Å². The Bertz CT molecular complexity index is 627. The van der Waals surface area contributed by atoms with E-state index < -0.39 is 0 Å². The number of fused-ring (bicyclic) bond motifs is 1. The van der Waals surface area contributed by atoms with E-state index in [9.17, 15) is 4.79 Å². The Kier molecular flexibility index (Phi) is 4.13. The second kappa shape index (κ2) is 6.20. The number of rotatable bonds is 4. The molecule has 4 nitrogen and oxygen atoms in total. The number of ether oxygens (including phenoxy) is 1. The summed E-state index contributed by atoms with van der Waals surface area (Å²) in [6.07, 6.45) is 8.37. The van der Waals surface area contributed by atoms with Crippen LogP contribution in [0.25, 0.3) is 10.9 Å². The molecule has 1 aromatic heterocycles. The van der Waals surface area contributed by atoms with Crippen LogP contribution in [0.2, 0.25) is 0 Å². The van der Waals surface area contributed by atoms with Crippen molar-refractivity contribution in [3.8, 4) is 5.75 Å². The number of benzene rings is 1. The predicted octanol–water partition coefficient (Wildman–Crippen LogP) is 3.17. The Morgan fingerprint density at radius 2 is 2.14 bits per heavy atom. The number of H-pyrrole nitrogens is 1. The molecule has 0 radical (unpaired) electrons. The molecule has 1 amide bonds. The zero-order valence-electron chi connectivity index (χ0n) is 12.4. The molecule has 0 saturated heterocycles. The molecule has 2 N–H and O–H groups in total. The molecule has 4 heteroatoms. The van der Waals surface area contributed by atoms with Crippen molar-refractivity contribution in [2.24, 2.45) is 0 Å². The third-order valence-electron chi connectivity index (χ3n) is 4.30. The highest BCUT2D eigenvalue weighted by atomic mass is 16.5. The number of hydrogen-bond acceptors (Lipinski definition) is 2. The van der Waals surface area contributed by atoms with Gasteiger partial charge in [-0.05, 0) is 30.5 Å². The molecular weight excluding hydrogens is 264 g/mol. The smallest absolute Gasteiger partial charge is 0.224 e. The molecule has 1 fully saturated rings. The number of hydrogen-bond donors (Lipinski definition) is 2. The summed E-state index contributed by atoms with van der Waals surface area (Å²) < 4.78 is 5.21. The fourth-order valence-electron chi connectivity index (χ4n) is 3.14. The van der Waals surface area contributed by atoms with Crippen molar-refractivity contribution in [2.75, 3.05) is 7.11 Å². The summed E-state index contributed by atoms with van der Waals surface area (Å²) in [5.74, 6) is 0.946. The first-order valence-corrected chi connectivity index (χ1v) is 7.69. The van der Waals surface area contributed by atoms with Gasteiger partial charge in [0.05, 0.1) is 13.5 Å². The van der Waals surface area contributed by atoms with Crippen molar-refractivity contribution in [1.29, 1.82) is 0 Å². The number of nitrogens with one attached hydrogen (secondary N) is 2. The molecule has 0 atom stereocenters. The molecule has 0 spiro atoms. The maximum absolute atomic E-state index is 12.2. The Balaban J connectivity index is 1.68. The van der Waals surface area contributed by atoms with Crippen LogP contribution in [0, 0.1) is 0 Å². The van der Waals surface area contributed by atoms with Crippen molar-refractivity contribution in [1.82, 2.24) is 10.3 Å². The number of amides is 1. The fourth-order valence-corrected chi connectivity index (χ4v) is 3.14. The molecule has 0 unspecified atom stereocenters. The second-order valence-corrected chi connectivity index (χ2v) is 5.80. The summed E-state index contributed by atoms with van der Waals surface area (Å²) in [5, 5.41) is 4.26. The molecule has 1 aliphatic carbocycles. The molecule has 112 valence electrons. The molecular formula is C17H22N2O2. The zero-order chi connectivity index (χ0) is 14.7. The second-order valence-electron chi connectivity index (χ2n) is 5.80. The van der Waals surface area contributed by atoms with Gasteiger partial charge in [-0.3, -0.25) is 4.79 Å². The summed E-state index contributed by atoms with van der Waals surface area (Å²) in [5.41, 5.74) is 2.05. The van der Waals surface area contributed by atoms with E-state index in [2.05, 4.69) is 10.3 Å². The summed E-state index contributed by atoms with van der Waals surface area (Å²) in [4.78, 5) is 15.4. The van der Waals surface area contributed by atoms with E-state index >= 15 is 0 Å². The van der Waals surface area contributed by atoms with Crippen molar-refractivity contribution >= 4 is 16.8 Å². The number of aromatic nitrogens is 1. The van der Waals surface area contributed by atoms with Gasteiger partial charge in [0.15, 0.2) is 0 Å². The molecule has 1 aromatic carbocycles. The topological polar surface area (TPSA) is 54.1 Å². The van der Waals surface area contributed by atoms with Gasteiger partial charge >= 0.3 is 0 Å². The number of carbonyl (C=O) groups excluding carboxylic acids is 1.